The molecule has 1 aromatic rings. The summed E-state index contributed by atoms with van der Waals surface area (Å²) >= 11 is 0. The van der Waals surface area contributed by atoms with Crippen molar-refractivity contribution in [3.63, 3.8) is 0 Å². The van der Waals surface area contributed by atoms with Gasteiger partial charge >= 0.3 is 0 Å². The van der Waals surface area contributed by atoms with E-state index >= 15 is 0 Å². The van der Waals surface area contributed by atoms with Crippen molar-refractivity contribution in [3.8, 4) is 0 Å². The Labute approximate surface area is 152 Å². The van der Waals surface area contributed by atoms with Gasteiger partial charge in [-0.2, -0.15) is 4.31 Å². The highest BCUT2D eigenvalue weighted by atomic mass is 32.2. The molecule has 0 aliphatic carbocycles. The van der Waals surface area contributed by atoms with Crippen LogP contribution in [-0.4, -0.2) is 49.7 Å². The Bertz CT molecular complexity index is 656. The van der Waals surface area contributed by atoms with Gasteiger partial charge in [-0.15, -0.1) is 0 Å². The van der Waals surface area contributed by atoms with E-state index in [1.165, 1.54) is 4.31 Å². The van der Waals surface area contributed by atoms with Crippen molar-refractivity contribution < 1.29 is 13.2 Å². The van der Waals surface area contributed by atoms with Crippen molar-refractivity contribution >= 4 is 15.9 Å². The summed E-state index contributed by atoms with van der Waals surface area (Å²) in [5, 5.41) is 0. The monoisotopic (exact) mass is 366 g/mol. The van der Waals surface area contributed by atoms with Gasteiger partial charge in [0, 0.05) is 31.7 Å². The summed E-state index contributed by atoms with van der Waals surface area (Å²) in [6.07, 6.45) is 3.62. The number of rotatable bonds is 7. The summed E-state index contributed by atoms with van der Waals surface area (Å²) in [4.78, 5) is 14.7. The first-order chi connectivity index (χ1) is 11.9. The van der Waals surface area contributed by atoms with Gasteiger partial charge in [0.2, 0.25) is 10.0 Å². The number of carbonyl (C=O) groups is 1. The maximum atomic E-state index is 12.8. The number of hydrogen-bond acceptors (Lipinski definition) is 3. The molecule has 5 nitrogen and oxygen atoms in total. The van der Waals surface area contributed by atoms with Gasteiger partial charge in [0.15, 0.2) is 0 Å². The van der Waals surface area contributed by atoms with Crippen LogP contribution in [0.15, 0.2) is 29.2 Å². The van der Waals surface area contributed by atoms with Crippen LogP contribution >= 0.6 is 0 Å². The quantitative estimate of drug-likeness (QED) is 0.743. The van der Waals surface area contributed by atoms with E-state index in [-0.39, 0.29) is 10.8 Å². The molecule has 0 aromatic heterocycles. The third kappa shape index (κ3) is 4.82. The van der Waals surface area contributed by atoms with Crippen molar-refractivity contribution in [1.82, 2.24) is 9.21 Å². The molecule has 0 bridgehead atoms. The summed E-state index contributed by atoms with van der Waals surface area (Å²) in [6.45, 7) is 8.74. The first-order valence-corrected chi connectivity index (χ1v) is 10.7. The second-order valence-electron chi connectivity index (χ2n) is 6.90. The third-order valence-electron chi connectivity index (χ3n) is 4.76. The van der Waals surface area contributed by atoms with Crippen LogP contribution in [-0.2, 0) is 10.0 Å². The van der Waals surface area contributed by atoms with Crippen molar-refractivity contribution in [1.29, 1.82) is 0 Å². The standard InChI is InChI=1S/C19H30N2O3S/c1-4-12-21(13-5-2)25(23,24)18-8-6-17(7-9-18)19(22)20-14-10-16(3)11-15-20/h6-9,16H,4-5,10-15H2,1-3H3. The zero-order chi connectivity index (χ0) is 18.4. The Balaban J connectivity index is 2.14. The van der Waals surface area contributed by atoms with Crippen molar-refractivity contribution in [2.45, 2.75) is 51.3 Å². The Hall–Kier alpha value is -1.40. The molecule has 1 amide bonds. The van der Waals surface area contributed by atoms with E-state index in [4.69, 9.17) is 0 Å². The van der Waals surface area contributed by atoms with Gasteiger partial charge < -0.3 is 4.90 Å². The number of likely N-dealkylation sites (tertiary alicyclic amines) is 1. The second-order valence-corrected chi connectivity index (χ2v) is 8.84. The molecule has 0 unspecified atom stereocenters. The average molecular weight is 367 g/mol. The van der Waals surface area contributed by atoms with Gasteiger partial charge in [-0.05, 0) is 55.9 Å². The molecule has 1 fully saturated rings. The number of hydrogen-bond donors (Lipinski definition) is 0. The van der Waals surface area contributed by atoms with Crippen LogP contribution in [0.2, 0.25) is 0 Å². The van der Waals surface area contributed by atoms with Crippen molar-refractivity contribution in [3.05, 3.63) is 29.8 Å². The third-order valence-corrected chi connectivity index (χ3v) is 6.67. The number of sulfonamides is 1. The van der Waals surface area contributed by atoms with E-state index in [0.717, 1.165) is 38.8 Å². The number of benzene rings is 1. The molecule has 2 rings (SSSR count). The Morgan fingerprint density at radius 3 is 2.08 bits per heavy atom. The van der Waals surface area contributed by atoms with Crippen LogP contribution in [0.1, 0.15) is 56.8 Å². The summed E-state index contributed by atoms with van der Waals surface area (Å²) in [5.41, 5.74) is 0.561. The van der Waals surface area contributed by atoms with Gasteiger partial charge in [0.25, 0.3) is 5.91 Å². The van der Waals surface area contributed by atoms with Crippen LogP contribution in [0.5, 0.6) is 0 Å². The molecule has 25 heavy (non-hydrogen) atoms. The van der Waals surface area contributed by atoms with Gasteiger partial charge in [0.05, 0.1) is 4.90 Å². The lowest BCUT2D eigenvalue weighted by atomic mass is 9.98. The van der Waals surface area contributed by atoms with Crippen LogP contribution in [0.3, 0.4) is 0 Å². The zero-order valence-corrected chi connectivity index (χ0v) is 16.4. The van der Waals surface area contributed by atoms with Gasteiger partial charge in [0.1, 0.15) is 0 Å². The number of amides is 1. The normalized spacial score (nSPS) is 16.4. The number of carbonyl (C=O) groups excluding carboxylic acids is 1. The largest absolute Gasteiger partial charge is 0.339 e. The van der Waals surface area contributed by atoms with Gasteiger partial charge in [-0.1, -0.05) is 20.8 Å². The Morgan fingerprint density at radius 2 is 1.60 bits per heavy atom. The fourth-order valence-electron chi connectivity index (χ4n) is 3.16. The first-order valence-electron chi connectivity index (χ1n) is 9.29. The van der Waals surface area contributed by atoms with Crippen molar-refractivity contribution in [2.75, 3.05) is 26.2 Å². The van der Waals surface area contributed by atoms with E-state index in [1.807, 2.05) is 18.7 Å². The number of nitrogens with zero attached hydrogens (tertiary/aromatic N) is 2. The molecular weight excluding hydrogens is 336 g/mol. The summed E-state index contributed by atoms with van der Waals surface area (Å²) in [7, 11) is -3.49. The van der Waals surface area contributed by atoms with Crippen LogP contribution in [0.4, 0.5) is 0 Å². The van der Waals surface area contributed by atoms with E-state index in [1.54, 1.807) is 24.3 Å². The Kier molecular flexibility index (Phi) is 7.02. The maximum Gasteiger partial charge on any atom is 0.253 e. The first kappa shape index (κ1) is 19.9. The molecule has 1 heterocycles. The molecule has 0 radical (unpaired) electrons. The molecule has 1 saturated heterocycles. The highest BCUT2D eigenvalue weighted by Gasteiger charge is 2.25. The van der Waals surface area contributed by atoms with Crippen LogP contribution < -0.4 is 0 Å². The summed E-state index contributed by atoms with van der Waals surface area (Å²) < 4.78 is 27.0. The molecule has 0 spiro atoms. The SMILES string of the molecule is CCCN(CCC)S(=O)(=O)c1ccc(C(=O)N2CCC(C)CC2)cc1. The Morgan fingerprint density at radius 1 is 1.08 bits per heavy atom. The second kappa shape index (κ2) is 8.81. The molecular formula is C19H30N2O3S. The summed E-state index contributed by atoms with van der Waals surface area (Å²) in [5.74, 6) is 0.662. The average Bonchev–Trinajstić information content (AvgIpc) is 2.61. The van der Waals surface area contributed by atoms with Gasteiger partial charge in [-0.25, -0.2) is 8.42 Å². The lowest BCUT2D eigenvalue weighted by Gasteiger charge is -2.30. The highest BCUT2D eigenvalue weighted by molar-refractivity contribution is 7.89. The minimum Gasteiger partial charge on any atom is -0.339 e. The molecule has 0 atom stereocenters. The highest BCUT2D eigenvalue weighted by Crippen LogP contribution is 2.21. The van der Waals surface area contributed by atoms with E-state index in [2.05, 4.69) is 6.92 Å². The van der Waals surface area contributed by atoms with E-state index in [9.17, 15) is 13.2 Å². The lowest BCUT2D eigenvalue weighted by Crippen LogP contribution is -2.38. The van der Waals surface area contributed by atoms with Crippen molar-refractivity contribution in [2.24, 2.45) is 5.92 Å². The van der Waals surface area contributed by atoms with Crippen LogP contribution in [0, 0.1) is 5.92 Å². The zero-order valence-electron chi connectivity index (χ0n) is 15.6. The molecule has 6 heteroatoms. The van der Waals surface area contributed by atoms with Crippen LogP contribution in [0.25, 0.3) is 0 Å². The minimum absolute atomic E-state index is 0.00480. The molecule has 1 aliphatic rings. The maximum absolute atomic E-state index is 12.8. The topological polar surface area (TPSA) is 57.7 Å². The fourth-order valence-corrected chi connectivity index (χ4v) is 4.79. The lowest BCUT2D eigenvalue weighted by molar-refractivity contribution is 0.0697. The minimum atomic E-state index is -3.49. The van der Waals surface area contributed by atoms with Gasteiger partial charge in [-0.3, -0.25) is 4.79 Å². The molecule has 0 saturated carbocycles. The summed E-state index contributed by atoms with van der Waals surface area (Å²) in [6, 6.07) is 6.41. The fraction of sp³-hybridized carbons (Fsp3) is 0.632. The molecule has 140 valence electrons. The number of piperidine rings is 1. The van der Waals surface area contributed by atoms with E-state index < -0.39 is 10.0 Å². The predicted molar refractivity (Wildman–Crippen MR) is 100 cm³/mol. The smallest absolute Gasteiger partial charge is 0.253 e. The molecule has 0 N–H and O–H groups in total. The molecule has 1 aliphatic heterocycles. The molecule has 1 aromatic carbocycles. The van der Waals surface area contributed by atoms with E-state index in [0.29, 0.717) is 24.6 Å². The predicted octanol–water partition coefficient (Wildman–Crippen LogP) is 3.37.